The van der Waals surface area contributed by atoms with Gasteiger partial charge in [-0.3, -0.25) is 33.7 Å². The molecule has 4 atom stereocenters. The van der Waals surface area contributed by atoms with Crippen molar-refractivity contribution in [2.45, 2.75) is 69.9 Å². The Morgan fingerprint density at radius 1 is 0.823 bits per heavy atom. The van der Waals surface area contributed by atoms with Gasteiger partial charge < -0.3 is 85.9 Å². The number of likely N-dealkylation sites (N-methyl/N-ethyl adjacent to an activating group) is 1. The fourth-order valence-electron chi connectivity index (χ4n) is 10.8. The third-order valence-electron chi connectivity index (χ3n) is 15.9. The zero-order valence-corrected chi connectivity index (χ0v) is 55.0. The smallest absolute Gasteiger partial charge is 0.415 e. The van der Waals surface area contributed by atoms with Crippen LogP contribution in [-0.2, 0) is 44.7 Å². The molecular formula is C66H78ClN11O17S. The molecular weight excluding hydrogens is 1290 g/mol. The molecule has 512 valence electrons. The van der Waals surface area contributed by atoms with Gasteiger partial charge in [-0.15, -0.1) is 11.6 Å². The van der Waals surface area contributed by atoms with Crippen LogP contribution in [0.25, 0.3) is 21.7 Å². The molecule has 8 rings (SSSR count). The highest BCUT2D eigenvalue weighted by atomic mass is 35.5. The van der Waals surface area contributed by atoms with E-state index in [1.54, 1.807) is 73.3 Å². The number of anilines is 3. The first kappa shape index (κ1) is 72.2. The predicted molar refractivity (Wildman–Crippen MR) is 358 cm³/mol. The van der Waals surface area contributed by atoms with Crippen molar-refractivity contribution in [1.29, 1.82) is 0 Å². The molecule has 0 radical (unpaired) electrons. The average molecular weight is 1360 g/mol. The molecule has 1 aromatic heterocycles. The molecule has 2 aliphatic heterocycles. The van der Waals surface area contributed by atoms with Crippen LogP contribution in [0.3, 0.4) is 0 Å². The molecule has 96 heavy (non-hydrogen) atoms. The number of nitrogens with one attached hydrogen (secondary N) is 6. The molecule has 1 saturated heterocycles. The molecule has 0 bridgehead atoms. The van der Waals surface area contributed by atoms with E-state index in [9.17, 15) is 58.2 Å². The minimum absolute atomic E-state index is 0.00359. The molecule has 1 unspecified atom stereocenters. The number of benzene rings is 5. The number of carbonyl (C=O) groups excluding carboxylic acids is 10. The van der Waals surface area contributed by atoms with Gasteiger partial charge in [0.05, 0.1) is 50.5 Å². The van der Waals surface area contributed by atoms with Crippen LogP contribution in [0.1, 0.15) is 76.6 Å². The quantitative estimate of drug-likeness (QED) is 0.00981. The molecule has 0 spiro atoms. The Morgan fingerprint density at radius 2 is 1.56 bits per heavy atom. The predicted octanol–water partition coefficient (Wildman–Crippen LogP) is 6.35. The minimum Gasteiger partial charge on any atom is -0.508 e. The highest BCUT2D eigenvalue weighted by Gasteiger charge is 2.38. The maximum absolute atomic E-state index is 14.7. The normalized spacial score (nSPS) is 14.8. The number of halogens is 1. The number of hydrogen-bond donors (Lipinski definition) is 10. The Labute approximate surface area is 563 Å². The number of alkyl halides is 1. The number of nitrogens with two attached hydrogens (primary N) is 1. The molecule has 30 heteroatoms. The summed E-state index contributed by atoms with van der Waals surface area (Å²) in [5, 5.41) is 33.7. The Balaban J connectivity index is 0.865. The number of carbonyl (C=O) groups is 10. The summed E-state index contributed by atoms with van der Waals surface area (Å²) in [4.78, 5) is 140. The van der Waals surface area contributed by atoms with Gasteiger partial charge in [-0.25, -0.2) is 19.2 Å². The van der Waals surface area contributed by atoms with E-state index in [1.165, 1.54) is 41.1 Å². The number of aromatic nitrogens is 1. The minimum atomic E-state index is -1.16. The van der Waals surface area contributed by atoms with E-state index in [-0.39, 0.29) is 151 Å². The maximum Gasteiger partial charge on any atom is 0.415 e. The summed E-state index contributed by atoms with van der Waals surface area (Å²) in [6, 6.07) is 23.2. The van der Waals surface area contributed by atoms with E-state index in [2.05, 4.69) is 44.2 Å². The number of aliphatic hydroxyl groups excluding tert-OH is 1. The number of thiol groups is 1. The Morgan fingerprint density at radius 3 is 2.26 bits per heavy atom. The molecule has 11 amide bonds. The van der Waals surface area contributed by atoms with E-state index in [0.717, 1.165) is 21.4 Å². The number of hydrogen-bond acceptors (Lipinski definition) is 18. The van der Waals surface area contributed by atoms with Crippen LogP contribution in [0, 0.1) is 12.8 Å². The highest BCUT2D eigenvalue weighted by molar-refractivity contribution is 7.81. The number of aliphatic hydroxyl groups is 1. The zero-order valence-electron chi connectivity index (χ0n) is 53.4. The second kappa shape index (κ2) is 34.1. The van der Waals surface area contributed by atoms with Gasteiger partial charge in [-0.2, -0.15) is 12.6 Å². The van der Waals surface area contributed by atoms with Crippen molar-refractivity contribution >= 4 is 123 Å². The molecule has 1 fully saturated rings. The summed E-state index contributed by atoms with van der Waals surface area (Å²) in [5.74, 6) is -3.27. The number of phenolic OH excluding ortho intramolecular Hbond substituents is 1. The lowest BCUT2D eigenvalue weighted by atomic mass is 9.92. The Bertz CT molecular complexity index is 3820. The van der Waals surface area contributed by atoms with Gasteiger partial charge in [0.15, 0.2) is 0 Å². The second-order valence-corrected chi connectivity index (χ2v) is 24.1. The first-order valence-corrected chi connectivity index (χ1v) is 32.1. The SMILES string of the molecule is Cc1cccc2c(OC(=O)N(CCOCCO)CCN(C)C(=O)OCc3ccc(NC(=O)[C@H](CCCNC(N)=O)NC(=O)[C@@H](NC(=O)OCCOCCN4C(=O)CC(S)C4=O)C(C)C)cc3)cc3c(c12)[C@H](CCl)CN3C(=O)c1cc2cc(NC(=O)c3ccc(O)cc3)ccc2[nH]1. The van der Waals surface area contributed by atoms with Gasteiger partial charge in [0.1, 0.15) is 42.5 Å². The van der Waals surface area contributed by atoms with Crippen molar-refractivity contribution in [3.63, 3.8) is 0 Å². The van der Waals surface area contributed by atoms with Gasteiger partial charge in [-0.05, 0) is 108 Å². The number of nitrogens with zero attached hydrogens (tertiary/aromatic N) is 4. The van der Waals surface area contributed by atoms with E-state index in [0.29, 0.717) is 44.5 Å². The summed E-state index contributed by atoms with van der Waals surface area (Å²) in [5.41, 5.74) is 9.95. The van der Waals surface area contributed by atoms with Crippen LogP contribution in [-0.4, -0.2) is 199 Å². The number of aryl methyl sites for hydroxylation is 1. The molecule has 6 aromatic rings. The lowest BCUT2D eigenvalue weighted by Gasteiger charge is -2.26. The van der Waals surface area contributed by atoms with Crippen molar-refractivity contribution in [1.82, 2.24) is 35.6 Å². The first-order chi connectivity index (χ1) is 46.0. The first-order valence-electron chi connectivity index (χ1n) is 31.0. The lowest BCUT2D eigenvalue weighted by Crippen LogP contribution is -2.54. The number of likely N-dealkylation sites (tertiary alicyclic amines) is 1. The number of primary amides is 1. The van der Waals surface area contributed by atoms with Gasteiger partial charge in [0, 0.05) is 97.3 Å². The molecule has 5 aromatic carbocycles. The molecule has 0 aliphatic carbocycles. The van der Waals surface area contributed by atoms with Crippen LogP contribution in [0.5, 0.6) is 11.5 Å². The van der Waals surface area contributed by atoms with E-state index >= 15 is 0 Å². The van der Waals surface area contributed by atoms with Crippen molar-refractivity contribution in [2.24, 2.45) is 11.7 Å². The second-order valence-electron chi connectivity index (χ2n) is 23.1. The fraction of sp³-hybridized carbons (Fsp3) is 0.394. The number of phenols is 1. The van der Waals surface area contributed by atoms with Crippen LogP contribution in [0.4, 0.5) is 36.2 Å². The maximum atomic E-state index is 14.7. The summed E-state index contributed by atoms with van der Waals surface area (Å²) in [7, 11) is 1.49. The molecule has 3 heterocycles. The summed E-state index contributed by atoms with van der Waals surface area (Å²) in [6.45, 7) is 4.79. The van der Waals surface area contributed by atoms with Gasteiger partial charge in [0.25, 0.3) is 11.8 Å². The van der Waals surface area contributed by atoms with Crippen LogP contribution >= 0.6 is 24.2 Å². The monoisotopic (exact) mass is 1360 g/mol. The number of fused-ring (bicyclic) bond motifs is 4. The van der Waals surface area contributed by atoms with Gasteiger partial charge >= 0.3 is 24.3 Å². The number of aromatic amines is 1. The van der Waals surface area contributed by atoms with Crippen molar-refractivity contribution in [3.8, 4) is 11.5 Å². The average Bonchev–Trinajstić information content (AvgIpc) is 1.60. The summed E-state index contributed by atoms with van der Waals surface area (Å²) >= 11 is 10.7. The Hall–Kier alpha value is -9.68. The van der Waals surface area contributed by atoms with Crippen molar-refractivity contribution in [2.75, 3.05) is 107 Å². The summed E-state index contributed by atoms with van der Waals surface area (Å²) < 4.78 is 28.0. The molecule has 28 nitrogen and oxygen atoms in total. The number of alkyl carbamates (subject to hydrolysis) is 1. The lowest BCUT2D eigenvalue weighted by molar-refractivity contribution is -0.139. The van der Waals surface area contributed by atoms with Crippen molar-refractivity contribution < 1.29 is 81.8 Å². The van der Waals surface area contributed by atoms with E-state index < -0.39 is 65.3 Å². The molecule has 0 saturated carbocycles. The van der Waals surface area contributed by atoms with E-state index in [4.69, 9.17) is 41.0 Å². The Kier molecular flexibility index (Phi) is 25.7. The zero-order chi connectivity index (χ0) is 69.2. The number of amides is 11. The number of rotatable bonds is 31. The van der Waals surface area contributed by atoms with Crippen LogP contribution in [0.2, 0.25) is 0 Å². The third kappa shape index (κ3) is 19.0. The number of urea groups is 1. The van der Waals surface area contributed by atoms with Gasteiger partial charge in [-0.1, -0.05) is 44.2 Å². The molecule has 10 N–H and O–H groups in total. The van der Waals surface area contributed by atoms with Crippen molar-refractivity contribution in [3.05, 3.63) is 125 Å². The largest absolute Gasteiger partial charge is 0.508 e. The van der Waals surface area contributed by atoms with Crippen LogP contribution in [0.15, 0.2) is 97.1 Å². The summed E-state index contributed by atoms with van der Waals surface area (Å²) in [6.07, 6.45) is -2.20. The standard InChI is InChI=1S/C66H78ClN11O17S/c1-38(2)57(74-64(88)93-30-29-92-27-24-77-54(81)34-53(96)62(77)86)60(84)73-49(9-6-20-69-63(68)87)59(83)70-44-14-10-40(11-15-44)37-94-65(89)75(4)21-22-76(23-26-91-28-25-79)66(90)95-52-33-51-56(55-39(3)7-5-8-47(52)55)43(35-67)36-78(51)61(85)50-32-42-31-45(16-19-48(42)72-50)71-58(82)41-12-17-46(80)18-13-41/h5,7-8,10-19,31-33,38,43,49,53,57,72,79-80,96H,6,9,20-30,34-37H2,1-4H3,(H,70,83)(H,71,82)(H,73,84)(H,74,88)(H3,68,69,87)/t43-,49+,53?,57+/m1/s1. The van der Waals surface area contributed by atoms with Crippen LogP contribution < -0.4 is 42.0 Å². The van der Waals surface area contributed by atoms with E-state index in [1.807, 2.05) is 25.1 Å². The van der Waals surface area contributed by atoms with Gasteiger partial charge in [0.2, 0.25) is 23.6 Å². The number of aromatic hydroxyl groups is 1. The highest BCUT2D eigenvalue weighted by Crippen LogP contribution is 2.47. The third-order valence-corrected chi connectivity index (χ3v) is 16.7. The molecule has 2 aliphatic rings. The fourth-order valence-corrected chi connectivity index (χ4v) is 11.4. The topological polar surface area (TPSA) is 372 Å². The number of imide groups is 1. The number of H-pyrrole nitrogens is 1. The number of ether oxygens (including phenoxy) is 5.